The van der Waals surface area contributed by atoms with Gasteiger partial charge in [-0.15, -0.1) is 0 Å². The summed E-state index contributed by atoms with van der Waals surface area (Å²) in [5, 5.41) is 12.6. The Labute approximate surface area is 101 Å². The zero-order valence-corrected chi connectivity index (χ0v) is 9.53. The molecule has 2 aromatic rings. The SMILES string of the molecule is COCc1ccc(CO)c2cc(C(F)(F)F)nn12. The lowest BCUT2D eigenvalue weighted by atomic mass is 10.2. The molecule has 2 heterocycles. The van der Waals surface area contributed by atoms with Gasteiger partial charge in [-0.3, -0.25) is 0 Å². The van der Waals surface area contributed by atoms with Gasteiger partial charge in [-0.2, -0.15) is 18.3 Å². The molecule has 0 saturated carbocycles. The van der Waals surface area contributed by atoms with Crippen molar-refractivity contribution in [3.05, 3.63) is 35.2 Å². The van der Waals surface area contributed by atoms with Crippen molar-refractivity contribution >= 4 is 5.52 Å². The van der Waals surface area contributed by atoms with E-state index in [1.54, 1.807) is 12.1 Å². The van der Waals surface area contributed by atoms with Crippen molar-refractivity contribution in [3.8, 4) is 0 Å². The minimum absolute atomic E-state index is 0.140. The van der Waals surface area contributed by atoms with Crippen LogP contribution in [0, 0.1) is 0 Å². The van der Waals surface area contributed by atoms with Crippen molar-refractivity contribution in [1.29, 1.82) is 0 Å². The van der Waals surface area contributed by atoms with Crippen molar-refractivity contribution in [3.63, 3.8) is 0 Å². The van der Waals surface area contributed by atoms with Gasteiger partial charge in [-0.1, -0.05) is 6.07 Å². The summed E-state index contributed by atoms with van der Waals surface area (Å²) < 4.78 is 43.9. The first-order valence-electron chi connectivity index (χ1n) is 5.15. The van der Waals surface area contributed by atoms with Gasteiger partial charge in [-0.05, 0) is 12.1 Å². The van der Waals surface area contributed by atoms with Crippen LogP contribution in [0.1, 0.15) is 17.0 Å². The Kier molecular flexibility index (Phi) is 3.27. The van der Waals surface area contributed by atoms with Gasteiger partial charge in [0, 0.05) is 12.7 Å². The van der Waals surface area contributed by atoms with Crippen LogP contribution in [0.2, 0.25) is 0 Å². The van der Waals surface area contributed by atoms with Crippen molar-refractivity contribution in [1.82, 2.24) is 9.61 Å². The second kappa shape index (κ2) is 4.58. The predicted molar refractivity (Wildman–Crippen MR) is 56.8 cm³/mol. The summed E-state index contributed by atoms with van der Waals surface area (Å²) in [4.78, 5) is 0. The van der Waals surface area contributed by atoms with E-state index in [1.165, 1.54) is 7.11 Å². The van der Waals surface area contributed by atoms with Crippen LogP contribution in [-0.4, -0.2) is 21.8 Å². The Bertz CT molecular complexity index is 563. The van der Waals surface area contributed by atoms with Crippen molar-refractivity contribution in [2.24, 2.45) is 0 Å². The highest BCUT2D eigenvalue weighted by atomic mass is 19.4. The van der Waals surface area contributed by atoms with Gasteiger partial charge in [0.2, 0.25) is 0 Å². The van der Waals surface area contributed by atoms with Crippen molar-refractivity contribution in [2.75, 3.05) is 7.11 Å². The lowest BCUT2D eigenvalue weighted by Crippen LogP contribution is -2.07. The number of nitrogens with zero attached hydrogens (tertiary/aromatic N) is 2. The summed E-state index contributed by atoms with van der Waals surface area (Å²) in [5.41, 5.74) is 0.123. The Morgan fingerprint density at radius 3 is 2.67 bits per heavy atom. The molecule has 0 saturated heterocycles. The summed E-state index contributed by atoms with van der Waals surface area (Å²) in [7, 11) is 1.44. The number of hydrogen-bond donors (Lipinski definition) is 1. The maximum absolute atomic E-state index is 12.6. The molecule has 1 N–H and O–H groups in total. The molecule has 0 atom stereocenters. The van der Waals surface area contributed by atoms with E-state index >= 15 is 0 Å². The lowest BCUT2D eigenvalue weighted by Gasteiger charge is -2.06. The first-order chi connectivity index (χ1) is 8.47. The molecular weight excluding hydrogens is 249 g/mol. The number of ether oxygens (including phenoxy) is 1. The normalized spacial score (nSPS) is 12.3. The number of hydrogen-bond acceptors (Lipinski definition) is 3. The molecule has 0 unspecified atom stereocenters. The number of aromatic nitrogens is 2. The molecule has 2 rings (SSSR count). The first-order valence-corrected chi connectivity index (χ1v) is 5.15. The van der Waals surface area contributed by atoms with Crippen LogP contribution in [0.5, 0.6) is 0 Å². The third-order valence-electron chi connectivity index (χ3n) is 2.54. The molecule has 2 aromatic heterocycles. The number of methoxy groups -OCH3 is 1. The predicted octanol–water partition coefficient (Wildman–Crippen LogP) is 1.99. The number of fused-ring (bicyclic) bond motifs is 1. The molecule has 0 aromatic carbocycles. The van der Waals surface area contributed by atoms with Gasteiger partial charge in [0.25, 0.3) is 0 Å². The number of aliphatic hydroxyl groups excluding tert-OH is 1. The van der Waals surface area contributed by atoms with Crippen LogP contribution in [0.3, 0.4) is 0 Å². The fourth-order valence-electron chi connectivity index (χ4n) is 1.71. The van der Waals surface area contributed by atoms with E-state index in [0.29, 0.717) is 11.3 Å². The van der Waals surface area contributed by atoms with Crippen LogP contribution in [-0.2, 0) is 24.1 Å². The minimum atomic E-state index is -4.51. The van der Waals surface area contributed by atoms with E-state index in [9.17, 15) is 13.2 Å². The number of rotatable bonds is 3. The van der Waals surface area contributed by atoms with Crippen LogP contribution in [0.15, 0.2) is 18.2 Å². The van der Waals surface area contributed by atoms with E-state index in [4.69, 9.17) is 9.84 Å². The monoisotopic (exact) mass is 260 g/mol. The number of halogens is 3. The van der Waals surface area contributed by atoms with Gasteiger partial charge in [-0.25, -0.2) is 4.52 Å². The molecule has 7 heteroatoms. The van der Waals surface area contributed by atoms with Crippen LogP contribution in [0.25, 0.3) is 5.52 Å². The molecule has 0 spiro atoms. The molecule has 0 radical (unpaired) electrons. The Morgan fingerprint density at radius 2 is 2.11 bits per heavy atom. The molecular formula is C11H11F3N2O2. The fourth-order valence-corrected chi connectivity index (χ4v) is 1.71. The van der Waals surface area contributed by atoms with Crippen molar-refractivity contribution < 1.29 is 23.0 Å². The molecule has 18 heavy (non-hydrogen) atoms. The fraction of sp³-hybridized carbons (Fsp3) is 0.364. The molecule has 0 aliphatic carbocycles. The maximum atomic E-state index is 12.6. The largest absolute Gasteiger partial charge is 0.435 e. The summed E-state index contributed by atoms with van der Waals surface area (Å²) in [6.07, 6.45) is -4.51. The van der Waals surface area contributed by atoms with Gasteiger partial charge < -0.3 is 9.84 Å². The van der Waals surface area contributed by atoms with Gasteiger partial charge in [0.05, 0.1) is 24.4 Å². The molecule has 0 bridgehead atoms. The molecule has 98 valence electrons. The van der Waals surface area contributed by atoms with E-state index in [2.05, 4.69) is 5.10 Å². The summed E-state index contributed by atoms with van der Waals surface area (Å²) in [6, 6.07) is 4.06. The Balaban J connectivity index is 2.66. The second-order valence-corrected chi connectivity index (χ2v) is 3.77. The summed E-state index contributed by atoms with van der Waals surface area (Å²) >= 11 is 0. The molecule has 4 nitrogen and oxygen atoms in total. The van der Waals surface area contributed by atoms with Gasteiger partial charge in [0.1, 0.15) is 0 Å². The standard InChI is InChI=1S/C11H11F3N2O2/c1-18-6-8-3-2-7(5-17)9-4-10(11(12,13)14)15-16(8)9/h2-4,17H,5-6H2,1H3. The molecule has 0 aliphatic heterocycles. The second-order valence-electron chi connectivity index (χ2n) is 3.77. The quantitative estimate of drug-likeness (QED) is 0.918. The number of aliphatic hydroxyl groups is 1. The third kappa shape index (κ3) is 2.19. The lowest BCUT2D eigenvalue weighted by molar-refractivity contribution is -0.141. The van der Waals surface area contributed by atoms with Crippen LogP contribution < -0.4 is 0 Å². The summed E-state index contributed by atoms with van der Waals surface area (Å²) in [5.74, 6) is 0. The highest BCUT2D eigenvalue weighted by Gasteiger charge is 2.34. The average molecular weight is 260 g/mol. The van der Waals surface area contributed by atoms with E-state index in [1.807, 2.05) is 0 Å². The first kappa shape index (κ1) is 12.8. The van der Waals surface area contributed by atoms with Crippen molar-refractivity contribution in [2.45, 2.75) is 19.4 Å². The highest BCUT2D eigenvalue weighted by molar-refractivity contribution is 5.56. The van der Waals surface area contributed by atoms with Gasteiger partial charge >= 0.3 is 6.18 Å². The minimum Gasteiger partial charge on any atom is -0.392 e. The van der Waals surface area contributed by atoms with E-state index in [0.717, 1.165) is 10.6 Å². The zero-order valence-electron chi connectivity index (χ0n) is 9.53. The smallest absolute Gasteiger partial charge is 0.392 e. The Morgan fingerprint density at radius 1 is 1.39 bits per heavy atom. The number of alkyl halides is 3. The summed E-state index contributed by atoms with van der Waals surface area (Å²) in [6.45, 7) is -0.207. The Hall–Kier alpha value is -1.60. The molecule has 0 fully saturated rings. The molecule has 0 amide bonds. The van der Waals surface area contributed by atoms with E-state index < -0.39 is 11.9 Å². The highest BCUT2D eigenvalue weighted by Crippen LogP contribution is 2.30. The average Bonchev–Trinajstić information content (AvgIpc) is 2.74. The topological polar surface area (TPSA) is 46.8 Å². The molecule has 0 aliphatic rings. The van der Waals surface area contributed by atoms with E-state index in [-0.39, 0.29) is 18.7 Å². The van der Waals surface area contributed by atoms with Crippen LogP contribution >= 0.6 is 0 Å². The maximum Gasteiger partial charge on any atom is 0.435 e. The van der Waals surface area contributed by atoms with Gasteiger partial charge in [0.15, 0.2) is 5.69 Å². The zero-order chi connectivity index (χ0) is 13.3. The van der Waals surface area contributed by atoms with Crippen LogP contribution in [0.4, 0.5) is 13.2 Å². The third-order valence-corrected chi connectivity index (χ3v) is 2.54. The number of pyridine rings is 1.